The van der Waals surface area contributed by atoms with Crippen LogP contribution in [0.15, 0.2) is 23.1 Å². The first-order valence-electron chi connectivity index (χ1n) is 2.37. The van der Waals surface area contributed by atoms with Crippen molar-refractivity contribution < 1.29 is 5.11 Å². The average molecular weight is 161 g/mol. The average Bonchev–Trinajstić information content (AvgIpc) is 1.80. The van der Waals surface area contributed by atoms with Crippen LogP contribution in [0.25, 0.3) is 0 Å². The lowest BCUT2D eigenvalue weighted by Gasteiger charge is -1.94. The Kier molecular flexibility index (Phi) is 1.88. The van der Waals surface area contributed by atoms with E-state index in [0.29, 0.717) is 9.92 Å². The van der Waals surface area contributed by atoms with E-state index in [1.54, 1.807) is 12.1 Å². The molecule has 1 rings (SSSR count). The molecule has 0 aromatic heterocycles. The van der Waals surface area contributed by atoms with E-state index in [0.717, 1.165) is 0 Å². The minimum atomic E-state index is 0.117. The zero-order chi connectivity index (χ0) is 6.85. The maximum absolute atomic E-state index is 8.94. The molecule has 0 heterocycles. The number of benzene rings is 1. The monoisotopic (exact) mass is 160 g/mol. The molecule has 0 aliphatic heterocycles. The summed E-state index contributed by atoms with van der Waals surface area (Å²) in [7, 11) is 0. The summed E-state index contributed by atoms with van der Waals surface area (Å²) in [5.74, 6) is 0.117. The van der Waals surface area contributed by atoms with Gasteiger partial charge in [0, 0.05) is 9.92 Å². The lowest BCUT2D eigenvalue weighted by atomic mass is 10.3. The smallest absolute Gasteiger partial charge is 0.130 e. The van der Waals surface area contributed by atoms with Gasteiger partial charge in [-0.1, -0.05) is 11.6 Å². The Bertz CT molecular complexity index is 224. The highest BCUT2D eigenvalue weighted by Crippen LogP contribution is 2.23. The SMILES string of the molecule is Oc1cc(Cl)ccc1S. The maximum Gasteiger partial charge on any atom is 0.130 e. The van der Waals surface area contributed by atoms with E-state index in [1.807, 2.05) is 0 Å². The minimum Gasteiger partial charge on any atom is -0.507 e. The van der Waals surface area contributed by atoms with Gasteiger partial charge in [0.15, 0.2) is 0 Å². The molecule has 1 nitrogen and oxygen atoms in total. The molecule has 3 heteroatoms. The Labute approximate surface area is 63.7 Å². The van der Waals surface area contributed by atoms with E-state index in [4.69, 9.17) is 16.7 Å². The lowest BCUT2D eigenvalue weighted by molar-refractivity contribution is 0.463. The quantitative estimate of drug-likeness (QED) is 0.559. The molecule has 0 aliphatic rings. The molecule has 0 fully saturated rings. The summed E-state index contributed by atoms with van der Waals surface area (Å²) in [4.78, 5) is 0.541. The van der Waals surface area contributed by atoms with Crippen molar-refractivity contribution >= 4 is 24.2 Å². The van der Waals surface area contributed by atoms with Gasteiger partial charge in [-0.3, -0.25) is 0 Å². The molecule has 0 unspecified atom stereocenters. The second kappa shape index (κ2) is 2.50. The predicted molar refractivity (Wildman–Crippen MR) is 40.4 cm³/mol. The normalized spacial score (nSPS) is 9.56. The number of rotatable bonds is 0. The van der Waals surface area contributed by atoms with Crippen molar-refractivity contribution in [3.63, 3.8) is 0 Å². The molecular weight excluding hydrogens is 156 g/mol. The first kappa shape index (κ1) is 6.78. The molecule has 1 N–H and O–H groups in total. The van der Waals surface area contributed by atoms with Crippen LogP contribution in [0.5, 0.6) is 5.75 Å². The van der Waals surface area contributed by atoms with Gasteiger partial charge in [-0.2, -0.15) is 0 Å². The van der Waals surface area contributed by atoms with Crippen molar-refractivity contribution in [2.24, 2.45) is 0 Å². The third-order valence-corrected chi connectivity index (χ3v) is 1.55. The molecular formula is C6H5ClOS. The van der Waals surface area contributed by atoms with Gasteiger partial charge in [0.05, 0.1) is 0 Å². The molecule has 1 aromatic carbocycles. The summed E-state index contributed by atoms with van der Waals surface area (Å²) >= 11 is 9.46. The van der Waals surface area contributed by atoms with E-state index in [9.17, 15) is 0 Å². The van der Waals surface area contributed by atoms with Crippen LogP contribution in [0, 0.1) is 0 Å². The molecule has 0 saturated heterocycles. The van der Waals surface area contributed by atoms with Crippen molar-refractivity contribution in [2.45, 2.75) is 4.90 Å². The van der Waals surface area contributed by atoms with Crippen molar-refractivity contribution in [2.75, 3.05) is 0 Å². The predicted octanol–water partition coefficient (Wildman–Crippen LogP) is 2.33. The van der Waals surface area contributed by atoms with Gasteiger partial charge in [0.1, 0.15) is 5.75 Å². The topological polar surface area (TPSA) is 20.2 Å². The maximum atomic E-state index is 8.94. The van der Waals surface area contributed by atoms with Crippen molar-refractivity contribution in [3.05, 3.63) is 23.2 Å². The molecule has 1 aromatic rings. The molecule has 0 spiro atoms. The highest BCUT2D eigenvalue weighted by atomic mass is 35.5. The zero-order valence-electron chi connectivity index (χ0n) is 4.50. The fraction of sp³-hybridized carbons (Fsp3) is 0. The summed E-state index contributed by atoms with van der Waals surface area (Å²) in [6.45, 7) is 0. The summed E-state index contributed by atoms with van der Waals surface area (Å²) in [5.41, 5.74) is 0. The van der Waals surface area contributed by atoms with Crippen LogP contribution in [0.2, 0.25) is 5.02 Å². The first-order valence-corrected chi connectivity index (χ1v) is 3.20. The molecule has 0 aliphatic carbocycles. The summed E-state index contributed by atoms with van der Waals surface area (Å²) < 4.78 is 0. The number of aromatic hydroxyl groups is 1. The highest BCUT2D eigenvalue weighted by Gasteiger charge is 1.94. The fourth-order valence-electron chi connectivity index (χ4n) is 0.497. The standard InChI is InChI=1S/C6H5ClOS/c7-4-1-2-6(9)5(8)3-4/h1-3,8-9H. The van der Waals surface area contributed by atoms with Crippen LogP contribution in [-0.4, -0.2) is 5.11 Å². The van der Waals surface area contributed by atoms with E-state index < -0.39 is 0 Å². The molecule has 0 bridgehead atoms. The van der Waals surface area contributed by atoms with Gasteiger partial charge in [-0.25, -0.2) is 0 Å². The van der Waals surface area contributed by atoms with Crippen molar-refractivity contribution in [1.82, 2.24) is 0 Å². The highest BCUT2D eigenvalue weighted by molar-refractivity contribution is 7.80. The number of phenols is 1. The molecule has 0 atom stereocenters. The van der Waals surface area contributed by atoms with E-state index >= 15 is 0 Å². The number of phenolic OH excluding ortho intramolecular Hbond substituents is 1. The second-order valence-corrected chi connectivity index (χ2v) is 2.55. The van der Waals surface area contributed by atoms with Crippen LogP contribution < -0.4 is 0 Å². The molecule has 0 radical (unpaired) electrons. The Morgan fingerprint density at radius 3 is 2.56 bits per heavy atom. The van der Waals surface area contributed by atoms with Crippen LogP contribution in [0.1, 0.15) is 0 Å². The van der Waals surface area contributed by atoms with E-state index in [1.165, 1.54) is 6.07 Å². The van der Waals surface area contributed by atoms with Gasteiger partial charge in [0.25, 0.3) is 0 Å². The largest absolute Gasteiger partial charge is 0.507 e. The first-order chi connectivity index (χ1) is 4.20. The number of hydrogen-bond donors (Lipinski definition) is 2. The molecule has 9 heavy (non-hydrogen) atoms. The summed E-state index contributed by atoms with van der Waals surface area (Å²) in [5, 5.41) is 9.46. The number of halogens is 1. The third-order valence-electron chi connectivity index (χ3n) is 0.937. The van der Waals surface area contributed by atoms with Crippen LogP contribution in [0.3, 0.4) is 0 Å². The fourth-order valence-corrected chi connectivity index (χ4v) is 0.802. The molecule has 0 saturated carbocycles. The zero-order valence-corrected chi connectivity index (χ0v) is 6.15. The molecule has 0 amide bonds. The van der Waals surface area contributed by atoms with Crippen LogP contribution >= 0.6 is 24.2 Å². The van der Waals surface area contributed by atoms with Crippen molar-refractivity contribution in [3.8, 4) is 5.75 Å². The molecule has 48 valence electrons. The number of hydrogen-bond acceptors (Lipinski definition) is 2. The summed E-state index contributed by atoms with van der Waals surface area (Å²) in [6.07, 6.45) is 0. The lowest BCUT2D eigenvalue weighted by Crippen LogP contribution is -1.67. The third kappa shape index (κ3) is 1.53. The van der Waals surface area contributed by atoms with Crippen molar-refractivity contribution in [1.29, 1.82) is 0 Å². The summed E-state index contributed by atoms with van der Waals surface area (Å²) in [6, 6.07) is 4.76. The van der Waals surface area contributed by atoms with Crippen LogP contribution in [0.4, 0.5) is 0 Å². The Morgan fingerprint density at radius 1 is 1.44 bits per heavy atom. The van der Waals surface area contributed by atoms with E-state index in [2.05, 4.69) is 12.6 Å². The Balaban J connectivity index is 3.17. The van der Waals surface area contributed by atoms with E-state index in [-0.39, 0.29) is 5.75 Å². The van der Waals surface area contributed by atoms with Gasteiger partial charge in [0.2, 0.25) is 0 Å². The van der Waals surface area contributed by atoms with Gasteiger partial charge < -0.3 is 5.11 Å². The van der Waals surface area contributed by atoms with Crippen LogP contribution in [-0.2, 0) is 0 Å². The Morgan fingerprint density at radius 2 is 2.11 bits per heavy atom. The number of thiol groups is 1. The second-order valence-electron chi connectivity index (χ2n) is 1.63. The van der Waals surface area contributed by atoms with Gasteiger partial charge in [-0.05, 0) is 18.2 Å². The Hall–Kier alpha value is -0.340. The van der Waals surface area contributed by atoms with Gasteiger partial charge in [-0.15, -0.1) is 12.6 Å². The minimum absolute atomic E-state index is 0.117. The van der Waals surface area contributed by atoms with Gasteiger partial charge >= 0.3 is 0 Å².